The molecule has 0 amide bonds. The van der Waals surface area contributed by atoms with Gasteiger partial charge in [-0.15, -0.1) is 0 Å². The zero-order valence-corrected chi connectivity index (χ0v) is 16.2. The van der Waals surface area contributed by atoms with Crippen LogP contribution in [0.15, 0.2) is 84.4 Å². The minimum absolute atomic E-state index is 0.0153. The van der Waals surface area contributed by atoms with Crippen molar-refractivity contribution < 1.29 is 4.74 Å². The molecule has 0 spiro atoms. The first-order chi connectivity index (χ1) is 14.3. The zero-order chi connectivity index (χ0) is 19.4. The Bertz CT molecular complexity index is 1110. The summed E-state index contributed by atoms with van der Waals surface area (Å²) >= 11 is 0. The molecule has 0 radical (unpaired) electrons. The van der Waals surface area contributed by atoms with E-state index in [2.05, 4.69) is 83.2 Å². The van der Waals surface area contributed by atoms with Gasteiger partial charge in [0.15, 0.2) is 6.23 Å². The third-order valence-corrected chi connectivity index (χ3v) is 6.00. The quantitative estimate of drug-likeness (QED) is 0.789. The van der Waals surface area contributed by atoms with Gasteiger partial charge in [-0.1, -0.05) is 42.5 Å². The number of pyridine rings is 1. The first kappa shape index (κ1) is 16.5. The smallest absolute Gasteiger partial charge is 0.186 e. The first-order valence-corrected chi connectivity index (χ1v) is 10.1. The monoisotopic (exact) mass is 382 g/mol. The van der Waals surface area contributed by atoms with Crippen molar-refractivity contribution in [2.75, 3.05) is 11.4 Å². The average Bonchev–Trinajstić information content (AvgIpc) is 2.99. The van der Waals surface area contributed by atoms with E-state index in [0.717, 1.165) is 29.5 Å². The fraction of sp³-hybridized carbons (Fsp3) is 0.208. The van der Waals surface area contributed by atoms with Crippen molar-refractivity contribution in [3.63, 3.8) is 0 Å². The van der Waals surface area contributed by atoms with Crippen molar-refractivity contribution in [2.24, 2.45) is 0 Å². The third-order valence-electron chi connectivity index (χ3n) is 6.00. The summed E-state index contributed by atoms with van der Waals surface area (Å²) in [5.41, 5.74) is 5.89. The Morgan fingerprint density at radius 1 is 1.14 bits per heavy atom. The number of ether oxygens (including phenoxy) is 1. The molecule has 0 saturated carbocycles. The van der Waals surface area contributed by atoms with Crippen LogP contribution < -0.4 is 15.5 Å². The number of hydrogen-bond donors (Lipinski definition) is 2. The van der Waals surface area contributed by atoms with Gasteiger partial charge in [0, 0.05) is 29.6 Å². The van der Waals surface area contributed by atoms with E-state index in [1.807, 2.05) is 12.3 Å². The number of hydrogen-bond acceptors (Lipinski definition) is 5. The fourth-order valence-electron chi connectivity index (χ4n) is 4.79. The highest BCUT2D eigenvalue weighted by atomic mass is 16.5. The molecule has 2 N–H and O–H groups in total. The molecule has 3 atom stereocenters. The number of dihydropyridines is 2. The number of anilines is 1. The van der Waals surface area contributed by atoms with Crippen LogP contribution in [0, 0.1) is 0 Å². The molecule has 1 aromatic carbocycles. The molecule has 0 bridgehead atoms. The summed E-state index contributed by atoms with van der Waals surface area (Å²) < 4.78 is 6.73. The van der Waals surface area contributed by atoms with E-state index in [9.17, 15) is 0 Å². The Balaban J connectivity index is 1.56. The fourth-order valence-corrected chi connectivity index (χ4v) is 4.79. The minimum atomic E-state index is -0.189. The van der Waals surface area contributed by atoms with E-state index >= 15 is 0 Å². The predicted octanol–water partition coefficient (Wildman–Crippen LogP) is 3.61. The summed E-state index contributed by atoms with van der Waals surface area (Å²) in [5, 5.41) is 7.11. The molecule has 29 heavy (non-hydrogen) atoms. The molecule has 4 aliphatic heterocycles. The van der Waals surface area contributed by atoms with Crippen molar-refractivity contribution in [1.82, 2.24) is 15.6 Å². The lowest BCUT2D eigenvalue weighted by Crippen LogP contribution is -2.50. The topological polar surface area (TPSA) is 49.4 Å². The Morgan fingerprint density at radius 3 is 2.97 bits per heavy atom. The number of fused-ring (bicyclic) bond motifs is 6. The van der Waals surface area contributed by atoms with Gasteiger partial charge in [0.2, 0.25) is 0 Å². The molecule has 5 nitrogen and oxygen atoms in total. The van der Waals surface area contributed by atoms with Crippen LogP contribution in [0.3, 0.4) is 0 Å². The second kappa shape index (κ2) is 6.27. The van der Waals surface area contributed by atoms with Crippen LogP contribution in [0.25, 0.3) is 5.70 Å². The number of rotatable bonds is 1. The van der Waals surface area contributed by atoms with Crippen LogP contribution in [0.2, 0.25) is 0 Å². The first-order valence-electron chi connectivity index (χ1n) is 10.1. The lowest BCUT2D eigenvalue weighted by Gasteiger charge is -2.36. The number of allylic oxidation sites excluding steroid dienone is 4. The van der Waals surface area contributed by atoms with Gasteiger partial charge in [-0.25, -0.2) is 4.98 Å². The van der Waals surface area contributed by atoms with Gasteiger partial charge >= 0.3 is 0 Å². The lowest BCUT2D eigenvalue weighted by atomic mass is 9.88. The molecular formula is C24H22N4O. The maximum Gasteiger partial charge on any atom is 0.186 e. The number of nitrogens with zero attached hydrogens (tertiary/aromatic N) is 2. The highest BCUT2D eigenvalue weighted by molar-refractivity contribution is 5.75. The molecular weight excluding hydrogens is 360 g/mol. The maximum atomic E-state index is 6.73. The van der Waals surface area contributed by atoms with Gasteiger partial charge in [0.05, 0.1) is 11.6 Å². The van der Waals surface area contributed by atoms with Crippen LogP contribution in [-0.2, 0) is 4.74 Å². The van der Waals surface area contributed by atoms with Crippen LogP contribution >= 0.6 is 0 Å². The third kappa shape index (κ3) is 2.43. The van der Waals surface area contributed by atoms with Crippen molar-refractivity contribution in [2.45, 2.75) is 25.2 Å². The molecule has 0 fully saturated rings. The molecule has 6 rings (SSSR count). The van der Waals surface area contributed by atoms with E-state index in [1.54, 1.807) is 0 Å². The second-order valence-electron chi connectivity index (χ2n) is 7.74. The largest absolute Gasteiger partial charge is 0.467 e. The lowest BCUT2D eigenvalue weighted by molar-refractivity contribution is 0.110. The van der Waals surface area contributed by atoms with Crippen molar-refractivity contribution in [3.8, 4) is 0 Å². The van der Waals surface area contributed by atoms with Crippen LogP contribution in [-0.4, -0.2) is 23.9 Å². The molecule has 144 valence electrons. The van der Waals surface area contributed by atoms with Gasteiger partial charge in [0.1, 0.15) is 17.7 Å². The van der Waals surface area contributed by atoms with E-state index in [4.69, 9.17) is 9.72 Å². The second-order valence-corrected chi connectivity index (χ2v) is 7.74. The Labute approximate surface area is 170 Å². The summed E-state index contributed by atoms with van der Waals surface area (Å²) in [4.78, 5) is 7.06. The van der Waals surface area contributed by atoms with Crippen molar-refractivity contribution >= 4 is 11.5 Å². The highest BCUT2D eigenvalue weighted by Gasteiger charge is 2.47. The summed E-state index contributed by atoms with van der Waals surface area (Å²) in [5.74, 6) is 1.95. The molecule has 2 aromatic rings. The number of nitrogens with one attached hydrogen (secondary N) is 2. The van der Waals surface area contributed by atoms with Crippen LogP contribution in [0.4, 0.5) is 5.82 Å². The molecule has 0 saturated heterocycles. The molecule has 0 aliphatic carbocycles. The van der Waals surface area contributed by atoms with Crippen LogP contribution in [0.5, 0.6) is 0 Å². The van der Waals surface area contributed by atoms with Gasteiger partial charge in [0.25, 0.3) is 0 Å². The number of aromatic nitrogens is 1. The minimum Gasteiger partial charge on any atom is -0.467 e. The van der Waals surface area contributed by atoms with E-state index < -0.39 is 0 Å². The van der Waals surface area contributed by atoms with E-state index in [-0.39, 0.29) is 18.3 Å². The Morgan fingerprint density at radius 2 is 2.03 bits per heavy atom. The average molecular weight is 382 g/mol. The predicted molar refractivity (Wildman–Crippen MR) is 114 cm³/mol. The maximum absolute atomic E-state index is 6.73. The van der Waals surface area contributed by atoms with E-state index in [1.165, 1.54) is 16.7 Å². The summed E-state index contributed by atoms with van der Waals surface area (Å²) in [7, 11) is 0. The summed E-state index contributed by atoms with van der Waals surface area (Å²) in [6.07, 6.45) is 12.2. The molecule has 3 unspecified atom stereocenters. The molecule has 4 aliphatic rings. The van der Waals surface area contributed by atoms with Gasteiger partial charge in [-0.05, 0) is 36.8 Å². The number of benzene rings is 1. The Hall–Kier alpha value is -3.47. The van der Waals surface area contributed by atoms with Crippen molar-refractivity contribution in [3.05, 3.63) is 101 Å². The van der Waals surface area contributed by atoms with Crippen LogP contribution in [0.1, 0.15) is 29.5 Å². The molecule has 5 heteroatoms. The van der Waals surface area contributed by atoms with Gasteiger partial charge in [-0.2, -0.15) is 0 Å². The normalized spacial score (nSPS) is 26.2. The van der Waals surface area contributed by atoms with Crippen molar-refractivity contribution in [1.29, 1.82) is 0 Å². The SMILES string of the molecule is CC1=CC=CC(N2c3ncccc3C3c4ccccc4C4=C(C=CCN4)OC32)N1. The summed E-state index contributed by atoms with van der Waals surface area (Å²) in [6, 6.07) is 12.8. The van der Waals surface area contributed by atoms with E-state index in [0.29, 0.717) is 0 Å². The molecule has 1 aromatic heterocycles. The standard InChI is InChI=1S/C24H22N4O/c1-15-7-4-12-20(27-15)28-23-18(10-5-14-26-23)21-16-8-2-3-9-17(16)22-19(29-24(21)28)11-6-13-25-22/h2-12,14,20-21,24-25,27H,13H2,1H3. The Kier molecular flexibility index (Phi) is 3.57. The molecule has 5 heterocycles. The van der Waals surface area contributed by atoms with Gasteiger partial charge in [-0.3, -0.25) is 4.90 Å². The van der Waals surface area contributed by atoms with Gasteiger partial charge < -0.3 is 15.4 Å². The summed E-state index contributed by atoms with van der Waals surface area (Å²) in [6.45, 7) is 2.89. The highest BCUT2D eigenvalue weighted by Crippen LogP contribution is 2.49. The zero-order valence-electron chi connectivity index (χ0n) is 16.2.